The topological polar surface area (TPSA) is 68.3 Å². The lowest BCUT2D eigenvalue weighted by atomic mass is 9.96. The number of carbonyl (C=O) groups is 2. The number of hydrogen-bond donors (Lipinski definition) is 1. The van der Waals surface area contributed by atoms with Crippen molar-refractivity contribution in [2.24, 2.45) is 11.7 Å². The van der Waals surface area contributed by atoms with E-state index in [0.717, 1.165) is 0 Å². The fourth-order valence-corrected chi connectivity index (χ4v) is 2.49. The summed E-state index contributed by atoms with van der Waals surface area (Å²) in [6.45, 7) is 7.50. The Kier molecular flexibility index (Phi) is 3.88. The molecule has 2 rings (SSSR count). The van der Waals surface area contributed by atoms with Crippen LogP contribution in [0.4, 0.5) is 0 Å². The first kappa shape index (κ1) is 14.6. The Morgan fingerprint density at radius 1 is 1.25 bits per heavy atom. The fraction of sp³-hybridized carbons (Fsp3) is 0.600. The summed E-state index contributed by atoms with van der Waals surface area (Å²) in [5, 5.41) is 0. The predicted octanol–water partition coefficient (Wildman–Crippen LogP) is 1.58. The third-order valence-electron chi connectivity index (χ3n) is 3.90. The Bertz CT molecular complexity index is 505. The van der Waals surface area contributed by atoms with Crippen LogP contribution in [-0.4, -0.2) is 34.4 Å². The first-order valence-corrected chi connectivity index (χ1v) is 7.06. The maximum absolute atomic E-state index is 12.4. The SMILES string of the molecule is CC(C)(C)n1ccc(C(=O)N2CCC(C(N)=O)CC2)c1. The molecule has 110 valence electrons. The van der Waals surface area contributed by atoms with Crippen LogP contribution in [0.25, 0.3) is 0 Å². The molecule has 1 saturated heterocycles. The number of amides is 2. The third kappa shape index (κ3) is 3.03. The van der Waals surface area contributed by atoms with Gasteiger partial charge in [0.25, 0.3) is 5.91 Å². The highest BCUT2D eigenvalue weighted by molar-refractivity contribution is 5.94. The molecule has 0 spiro atoms. The van der Waals surface area contributed by atoms with Gasteiger partial charge in [0.15, 0.2) is 0 Å². The van der Waals surface area contributed by atoms with Gasteiger partial charge < -0.3 is 15.2 Å². The maximum Gasteiger partial charge on any atom is 0.255 e. The maximum atomic E-state index is 12.4. The second kappa shape index (κ2) is 5.31. The summed E-state index contributed by atoms with van der Waals surface area (Å²) in [7, 11) is 0. The van der Waals surface area contributed by atoms with Crippen molar-refractivity contribution in [1.82, 2.24) is 9.47 Å². The highest BCUT2D eigenvalue weighted by Crippen LogP contribution is 2.20. The number of hydrogen-bond acceptors (Lipinski definition) is 2. The van der Waals surface area contributed by atoms with Gasteiger partial charge in [-0.3, -0.25) is 9.59 Å². The molecule has 2 N–H and O–H groups in total. The summed E-state index contributed by atoms with van der Waals surface area (Å²) in [6, 6.07) is 1.85. The Morgan fingerprint density at radius 3 is 2.30 bits per heavy atom. The Labute approximate surface area is 119 Å². The summed E-state index contributed by atoms with van der Waals surface area (Å²) >= 11 is 0. The quantitative estimate of drug-likeness (QED) is 0.891. The van der Waals surface area contributed by atoms with E-state index in [2.05, 4.69) is 20.8 Å². The monoisotopic (exact) mass is 277 g/mol. The van der Waals surface area contributed by atoms with Crippen LogP contribution in [0.5, 0.6) is 0 Å². The Morgan fingerprint density at radius 2 is 1.85 bits per heavy atom. The molecular weight excluding hydrogens is 254 g/mol. The van der Waals surface area contributed by atoms with E-state index >= 15 is 0 Å². The zero-order valence-corrected chi connectivity index (χ0v) is 12.4. The minimum absolute atomic E-state index is 0.0303. The molecule has 1 aromatic heterocycles. The van der Waals surface area contributed by atoms with Crippen molar-refractivity contribution in [3.05, 3.63) is 24.0 Å². The van der Waals surface area contributed by atoms with Gasteiger partial charge >= 0.3 is 0 Å². The molecule has 1 aromatic rings. The molecule has 0 saturated carbocycles. The van der Waals surface area contributed by atoms with Gasteiger partial charge in [0.05, 0.1) is 5.56 Å². The second-order valence-electron chi connectivity index (χ2n) is 6.45. The first-order chi connectivity index (χ1) is 9.29. The van der Waals surface area contributed by atoms with E-state index in [0.29, 0.717) is 31.5 Å². The molecule has 5 nitrogen and oxygen atoms in total. The van der Waals surface area contributed by atoms with E-state index in [4.69, 9.17) is 5.73 Å². The van der Waals surface area contributed by atoms with Crippen LogP contribution in [0, 0.1) is 5.92 Å². The molecule has 1 fully saturated rings. The number of rotatable bonds is 2. The molecular formula is C15H23N3O2. The van der Waals surface area contributed by atoms with E-state index in [9.17, 15) is 9.59 Å². The van der Waals surface area contributed by atoms with Crippen LogP contribution in [-0.2, 0) is 10.3 Å². The van der Waals surface area contributed by atoms with E-state index in [1.54, 1.807) is 0 Å². The van der Waals surface area contributed by atoms with Crippen molar-refractivity contribution in [3.63, 3.8) is 0 Å². The smallest absolute Gasteiger partial charge is 0.255 e. The summed E-state index contributed by atoms with van der Waals surface area (Å²) in [6.07, 6.45) is 5.16. The number of nitrogens with zero attached hydrogens (tertiary/aromatic N) is 2. The van der Waals surface area contributed by atoms with Crippen molar-refractivity contribution in [2.45, 2.75) is 39.2 Å². The van der Waals surface area contributed by atoms with Crippen molar-refractivity contribution in [3.8, 4) is 0 Å². The van der Waals surface area contributed by atoms with Crippen LogP contribution in [0.2, 0.25) is 0 Å². The van der Waals surface area contributed by atoms with Crippen LogP contribution in [0.1, 0.15) is 44.0 Å². The first-order valence-electron chi connectivity index (χ1n) is 7.06. The van der Waals surface area contributed by atoms with Gasteiger partial charge in [-0.15, -0.1) is 0 Å². The molecule has 0 aliphatic carbocycles. The van der Waals surface area contributed by atoms with Gasteiger partial charge in [-0.1, -0.05) is 0 Å². The molecule has 5 heteroatoms. The van der Waals surface area contributed by atoms with Crippen LogP contribution in [0.3, 0.4) is 0 Å². The van der Waals surface area contributed by atoms with Crippen molar-refractivity contribution < 1.29 is 9.59 Å². The van der Waals surface area contributed by atoms with E-state index in [-0.39, 0.29) is 23.3 Å². The number of likely N-dealkylation sites (tertiary alicyclic amines) is 1. The number of carbonyl (C=O) groups excluding carboxylic acids is 2. The summed E-state index contributed by atoms with van der Waals surface area (Å²) in [5.74, 6) is -0.301. The standard InChI is InChI=1S/C15H23N3O2/c1-15(2,3)18-9-6-12(10-18)14(20)17-7-4-11(5-8-17)13(16)19/h6,9-11H,4-5,7-8H2,1-3H3,(H2,16,19). The average Bonchev–Trinajstić information content (AvgIpc) is 2.87. The normalized spacial score (nSPS) is 17.2. The molecule has 0 aromatic carbocycles. The molecule has 1 aliphatic heterocycles. The zero-order chi connectivity index (χ0) is 14.9. The zero-order valence-electron chi connectivity index (χ0n) is 12.4. The van der Waals surface area contributed by atoms with Crippen LogP contribution < -0.4 is 5.73 Å². The number of piperidine rings is 1. The van der Waals surface area contributed by atoms with Gasteiger partial charge in [0, 0.05) is 36.9 Å². The Hall–Kier alpha value is -1.78. The molecule has 0 bridgehead atoms. The largest absolute Gasteiger partial charge is 0.369 e. The summed E-state index contributed by atoms with van der Waals surface area (Å²) < 4.78 is 2.04. The predicted molar refractivity (Wildman–Crippen MR) is 77.2 cm³/mol. The molecule has 0 unspecified atom stereocenters. The second-order valence-corrected chi connectivity index (χ2v) is 6.45. The van der Waals surface area contributed by atoms with E-state index in [1.165, 1.54) is 0 Å². The highest BCUT2D eigenvalue weighted by Gasteiger charge is 2.27. The van der Waals surface area contributed by atoms with Gasteiger partial charge in [0.2, 0.25) is 5.91 Å². The van der Waals surface area contributed by atoms with Gasteiger partial charge in [-0.25, -0.2) is 0 Å². The fourth-order valence-electron chi connectivity index (χ4n) is 2.49. The number of primary amides is 1. The van der Waals surface area contributed by atoms with Crippen LogP contribution in [0.15, 0.2) is 18.5 Å². The lowest BCUT2D eigenvalue weighted by Gasteiger charge is -2.30. The van der Waals surface area contributed by atoms with Crippen molar-refractivity contribution in [2.75, 3.05) is 13.1 Å². The molecule has 0 atom stereocenters. The van der Waals surface area contributed by atoms with Gasteiger partial charge in [-0.05, 0) is 39.7 Å². The van der Waals surface area contributed by atoms with Crippen molar-refractivity contribution >= 4 is 11.8 Å². The molecule has 20 heavy (non-hydrogen) atoms. The van der Waals surface area contributed by atoms with Gasteiger partial charge in [-0.2, -0.15) is 0 Å². The minimum atomic E-state index is -0.254. The minimum Gasteiger partial charge on any atom is -0.369 e. The third-order valence-corrected chi connectivity index (χ3v) is 3.90. The molecule has 2 heterocycles. The van der Waals surface area contributed by atoms with Gasteiger partial charge in [0.1, 0.15) is 0 Å². The van der Waals surface area contributed by atoms with E-state index < -0.39 is 0 Å². The number of aromatic nitrogens is 1. The molecule has 0 radical (unpaired) electrons. The molecule has 1 aliphatic rings. The highest BCUT2D eigenvalue weighted by atomic mass is 16.2. The van der Waals surface area contributed by atoms with Crippen LogP contribution >= 0.6 is 0 Å². The molecule has 2 amide bonds. The number of nitrogens with two attached hydrogens (primary N) is 1. The summed E-state index contributed by atoms with van der Waals surface area (Å²) in [5.41, 5.74) is 5.98. The van der Waals surface area contributed by atoms with E-state index in [1.807, 2.05) is 27.9 Å². The lowest BCUT2D eigenvalue weighted by Crippen LogP contribution is -2.41. The average molecular weight is 277 g/mol. The Balaban J connectivity index is 2.02. The lowest BCUT2D eigenvalue weighted by molar-refractivity contribution is -0.123. The van der Waals surface area contributed by atoms with Crippen molar-refractivity contribution in [1.29, 1.82) is 0 Å². The summed E-state index contributed by atoms with van der Waals surface area (Å²) in [4.78, 5) is 25.4.